The molecule has 4 heteroatoms. The first kappa shape index (κ1) is 9.69. The van der Waals surface area contributed by atoms with Gasteiger partial charge in [0.25, 0.3) is 0 Å². The van der Waals surface area contributed by atoms with Crippen molar-refractivity contribution in [2.45, 2.75) is 0 Å². The highest BCUT2D eigenvalue weighted by molar-refractivity contribution is 5.26. The highest BCUT2D eigenvalue weighted by Gasteiger charge is 1.99. The molecule has 1 aliphatic heterocycles. The minimum Gasteiger partial charge on any atom is -0.372 e. The Morgan fingerprint density at radius 1 is 1.60 bits per heavy atom. The molecule has 0 fully saturated rings. The fraction of sp³-hybridized carbons (Fsp3) is 0.273. The molecule has 0 aliphatic carbocycles. The lowest BCUT2D eigenvalue weighted by Gasteiger charge is -2.11. The Morgan fingerprint density at radius 2 is 2.53 bits per heavy atom. The van der Waals surface area contributed by atoms with Gasteiger partial charge in [0.05, 0.1) is 0 Å². The number of fused-ring (bicyclic) bond motifs is 1. The van der Waals surface area contributed by atoms with E-state index >= 15 is 0 Å². The lowest BCUT2D eigenvalue weighted by atomic mass is 10.4. The molecular formula is C11H11N3O. The second-order valence-corrected chi connectivity index (χ2v) is 3.04. The molecule has 0 spiro atoms. The maximum Gasteiger partial charge on any atom is 0.157 e. The first-order valence-corrected chi connectivity index (χ1v) is 4.61. The largest absolute Gasteiger partial charge is 0.372 e. The minimum absolute atomic E-state index is 0.435. The summed E-state index contributed by atoms with van der Waals surface area (Å²) < 4.78 is 4.85. The Hall–Kier alpha value is -1.86. The van der Waals surface area contributed by atoms with Gasteiger partial charge in [-0.2, -0.15) is 0 Å². The molecule has 76 valence electrons. The van der Waals surface area contributed by atoms with Crippen molar-refractivity contribution in [2.24, 2.45) is 4.99 Å². The van der Waals surface area contributed by atoms with Crippen molar-refractivity contribution < 1.29 is 4.74 Å². The zero-order valence-corrected chi connectivity index (χ0v) is 8.47. The lowest BCUT2D eigenvalue weighted by molar-refractivity contribution is 0.239. The number of hydrogen-bond acceptors (Lipinski definition) is 4. The van der Waals surface area contributed by atoms with Crippen LogP contribution in [0.1, 0.15) is 0 Å². The van der Waals surface area contributed by atoms with E-state index in [1.807, 2.05) is 23.2 Å². The van der Waals surface area contributed by atoms with E-state index in [0.29, 0.717) is 13.3 Å². The summed E-state index contributed by atoms with van der Waals surface area (Å²) in [6, 6.07) is 6.80. The second kappa shape index (κ2) is 4.58. The average Bonchev–Trinajstić information content (AvgIpc) is 2.29. The van der Waals surface area contributed by atoms with Crippen molar-refractivity contribution in [1.29, 1.82) is 0 Å². The molecule has 0 saturated carbocycles. The highest BCUT2D eigenvalue weighted by Crippen LogP contribution is 1.88. The van der Waals surface area contributed by atoms with Gasteiger partial charge in [-0.25, -0.2) is 9.98 Å². The molecule has 0 amide bonds. The summed E-state index contributed by atoms with van der Waals surface area (Å²) in [4.78, 5) is 10.3. The summed E-state index contributed by atoms with van der Waals surface area (Å²) in [5.74, 6) is 2.88. The van der Waals surface area contributed by atoms with Crippen LogP contribution in [-0.2, 0) is 4.74 Å². The van der Waals surface area contributed by atoms with Crippen LogP contribution in [-0.4, -0.2) is 30.3 Å². The predicted octanol–water partition coefficient (Wildman–Crippen LogP) is -0.680. The Balaban J connectivity index is 2.24. The molecule has 1 aromatic heterocycles. The molecular weight excluding hydrogens is 190 g/mol. The molecule has 2 heterocycles. The lowest BCUT2D eigenvalue weighted by Crippen LogP contribution is -2.36. The number of hydrogen-bond donors (Lipinski definition) is 0. The Labute approximate surface area is 87.9 Å². The normalized spacial score (nSPS) is 13.0. The quantitative estimate of drug-likeness (QED) is 0.565. The van der Waals surface area contributed by atoms with Gasteiger partial charge in [-0.1, -0.05) is 5.92 Å². The van der Waals surface area contributed by atoms with E-state index in [2.05, 4.69) is 21.9 Å². The van der Waals surface area contributed by atoms with Crippen molar-refractivity contribution >= 4 is 6.20 Å². The Kier molecular flexibility index (Phi) is 2.96. The van der Waals surface area contributed by atoms with Gasteiger partial charge in [0.15, 0.2) is 5.49 Å². The van der Waals surface area contributed by atoms with E-state index < -0.39 is 0 Å². The summed E-state index contributed by atoms with van der Waals surface area (Å²) in [5.41, 5.74) is 0.780. The van der Waals surface area contributed by atoms with Crippen LogP contribution in [0.4, 0.5) is 0 Å². The van der Waals surface area contributed by atoms with E-state index in [1.54, 1.807) is 13.3 Å². The van der Waals surface area contributed by atoms with Crippen molar-refractivity contribution in [1.82, 2.24) is 9.88 Å². The van der Waals surface area contributed by atoms with Crippen molar-refractivity contribution in [3.05, 3.63) is 29.0 Å². The third-order valence-electron chi connectivity index (χ3n) is 1.92. The third kappa shape index (κ3) is 2.33. The van der Waals surface area contributed by atoms with Gasteiger partial charge in [0.1, 0.15) is 13.3 Å². The smallest absolute Gasteiger partial charge is 0.157 e. The zero-order valence-electron chi connectivity index (χ0n) is 8.47. The molecule has 1 aliphatic rings. The maximum absolute atomic E-state index is 4.85. The molecule has 0 bridgehead atoms. The molecule has 0 atom stereocenters. The molecule has 1 aromatic rings. The molecule has 15 heavy (non-hydrogen) atoms. The molecule has 4 nitrogen and oxygen atoms in total. The van der Waals surface area contributed by atoms with Crippen LogP contribution in [0.3, 0.4) is 0 Å². The van der Waals surface area contributed by atoms with Crippen LogP contribution in [0.2, 0.25) is 0 Å². The first-order valence-electron chi connectivity index (χ1n) is 4.61. The van der Waals surface area contributed by atoms with Gasteiger partial charge in [-0.3, -0.25) is 4.90 Å². The van der Waals surface area contributed by atoms with Gasteiger partial charge >= 0.3 is 0 Å². The SMILES string of the molecule is COCC#CN1C=c2cccnc2=NC1. The van der Waals surface area contributed by atoms with Crippen molar-refractivity contribution in [3.63, 3.8) is 0 Å². The van der Waals surface area contributed by atoms with Gasteiger partial charge < -0.3 is 4.74 Å². The third-order valence-corrected chi connectivity index (χ3v) is 1.92. The number of pyridine rings is 1. The van der Waals surface area contributed by atoms with E-state index in [4.69, 9.17) is 4.74 Å². The number of methoxy groups -OCH3 is 1. The zero-order chi connectivity index (χ0) is 10.5. The number of ether oxygens (including phenoxy) is 1. The van der Waals surface area contributed by atoms with Crippen LogP contribution >= 0.6 is 0 Å². The second-order valence-electron chi connectivity index (χ2n) is 3.04. The number of rotatable bonds is 1. The van der Waals surface area contributed by atoms with Crippen LogP contribution < -0.4 is 10.7 Å². The Morgan fingerprint density at radius 3 is 3.40 bits per heavy atom. The van der Waals surface area contributed by atoms with Crippen LogP contribution in [0, 0.1) is 12.0 Å². The van der Waals surface area contributed by atoms with E-state index in [-0.39, 0.29) is 0 Å². The summed E-state index contributed by atoms with van der Waals surface area (Å²) >= 11 is 0. The van der Waals surface area contributed by atoms with Gasteiger partial charge in [0.2, 0.25) is 0 Å². The highest BCUT2D eigenvalue weighted by atomic mass is 16.5. The van der Waals surface area contributed by atoms with Crippen molar-refractivity contribution in [3.8, 4) is 12.0 Å². The monoisotopic (exact) mass is 201 g/mol. The van der Waals surface area contributed by atoms with Gasteiger partial charge in [-0.05, 0) is 12.1 Å². The topological polar surface area (TPSA) is 37.7 Å². The summed E-state index contributed by atoms with van der Waals surface area (Å²) in [5, 5.41) is 0.996. The number of aromatic nitrogens is 1. The Bertz CT molecular complexity index is 513. The molecule has 0 saturated heterocycles. The number of nitrogens with zero attached hydrogens (tertiary/aromatic N) is 3. The maximum atomic E-state index is 4.85. The van der Waals surface area contributed by atoms with Crippen molar-refractivity contribution in [2.75, 3.05) is 20.4 Å². The fourth-order valence-electron chi connectivity index (χ4n) is 1.27. The first-order chi connectivity index (χ1) is 7.40. The van der Waals surface area contributed by atoms with Gasteiger partial charge in [-0.15, -0.1) is 0 Å². The minimum atomic E-state index is 0.435. The molecule has 0 N–H and O–H groups in total. The van der Waals surface area contributed by atoms with E-state index in [9.17, 15) is 0 Å². The van der Waals surface area contributed by atoms with Gasteiger partial charge in [0, 0.05) is 30.8 Å². The van der Waals surface area contributed by atoms with E-state index in [0.717, 1.165) is 10.7 Å². The standard InChI is InChI=1S/C11H11N3O/c1-15-7-3-6-14-8-10-4-2-5-12-11(10)13-9-14/h2,4-5,8H,7,9H2,1H3. The van der Waals surface area contributed by atoms with Crippen LogP contribution in [0.25, 0.3) is 6.20 Å². The molecule has 0 unspecified atom stereocenters. The average molecular weight is 201 g/mol. The molecule has 0 aromatic carbocycles. The summed E-state index contributed by atoms with van der Waals surface area (Å²) in [6.07, 6.45) is 3.68. The molecule has 2 rings (SSSR count). The fourth-order valence-corrected chi connectivity index (χ4v) is 1.27. The van der Waals surface area contributed by atoms with E-state index in [1.165, 1.54) is 0 Å². The predicted molar refractivity (Wildman–Crippen MR) is 55.8 cm³/mol. The molecule has 0 radical (unpaired) electrons. The summed E-state index contributed by atoms with van der Waals surface area (Å²) in [7, 11) is 1.62. The van der Waals surface area contributed by atoms with Crippen LogP contribution in [0.15, 0.2) is 23.3 Å². The summed E-state index contributed by atoms with van der Waals surface area (Å²) in [6.45, 7) is 0.963. The van der Waals surface area contributed by atoms with Crippen LogP contribution in [0.5, 0.6) is 0 Å².